The van der Waals surface area contributed by atoms with E-state index < -0.39 is 30.0 Å². The van der Waals surface area contributed by atoms with Crippen LogP contribution in [0.25, 0.3) is 0 Å². The highest BCUT2D eigenvalue weighted by atomic mass is 32.1. The monoisotopic (exact) mass is 527 g/mol. The van der Waals surface area contributed by atoms with Gasteiger partial charge in [-0.25, -0.2) is 0 Å². The molecule has 9 nitrogen and oxygen atoms in total. The van der Waals surface area contributed by atoms with Gasteiger partial charge in [-0.15, -0.1) is 11.3 Å². The van der Waals surface area contributed by atoms with Crippen LogP contribution in [-0.2, 0) is 20.8 Å². The fourth-order valence-electron chi connectivity index (χ4n) is 5.29. The molecule has 1 aliphatic heterocycles. The van der Waals surface area contributed by atoms with E-state index in [0.717, 1.165) is 37.0 Å². The molecule has 2 aliphatic rings. The molecule has 2 atom stereocenters. The smallest absolute Gasteiger partial charge is 0.305 e. The molecule has 1 aliphatic carbocycles. The van der Waals surface area contributed by atoms with Crippen molar-refractivity contribution in [2.45, 2.75) is 57.2 Å². The quantitative estimate of drug-likeness (QED) is 0.518. The molecule has 2 unspecified atom stereocenters. The van der Waals surface area contributed by atoms with Crippen LogP contribution < -0.4 is 10.1 Å². The second-order valence-corrected chi connectivity index (χ2v) is 10.6. The van der Waals surface area contributed by atoms with Gasteiger partial charge in [-0.05, 0) is 48.4 Å². The van der Waals surface area contributed by atoms with Crippen LogP contribution in [0.1, 0.15) is 53.8 Å². The van der Waals surface area contributed by atoms with Crippen LogP contribution in [0, 0.1) is 5.92 Å². The number of ether oxygens (including phenoxy) is 1. The number of amides is 3. The number of carboxylic acids is 1. The van der Waals surface area contributed by atoms with Crippen LogP contribution in [0.3, 0.4) is 0 Å². The van der Waals surface area contributed by atoms with Gasteiger partial charge in [-0.1, -0.05) is 31.4 Å². The highest BCUT2D eigenvalue weighted by molar-refractivity contribution is 7.10. The molecule has 10 heteroatoms. The normalized spacial score (nSPS) is 18.9. The zero-order chi connectivity index (χ0) is 26.4. The Hall–Kier alpha value is -3.40. The molecule has 1 aromatic heterocycles. The van der Waals surface area contributed by atoms with Gasteiger partial charge in [0, 0.05) is 29.6 Å². The van der Waals surface area contributed by atoms with E-state index in [4.69, 9.17) is 4.74 Å². The molecule has 1 aromatic carbocycles. The Balaban J connectivity index is 1.60. The molecule has 0 bridgehead atoms. The van der Waals surface area contributed by atoms with E-state index in [0.29, 0.717) is 11.3 Å². The second kappa shape index (κ2) is 12.2. The van der Waals surface area contributed by atoms with Crippen LogP contribution in [0.5, 0.6) is 5.75 Å². The minimum Gasteiger partial charge on any atom is -0.497 e. The van der Waals surface area contributed by atoms with Gasteiger partial charge in [0.2, 0.25) is 5.91 Å². The van der Waals surface area contributed by atoms with Crippen molar-refractivity contribution < 1.29 is 29.0 Å². The maximum Gasteiger partial charge on any atom is 0.305 e. The van der Waals surface area contributed by atoms with E-state index in [1.165, 1.54) is 28.2 Å². The zero-order valence-electron chi connectivity index (χ0n) is 20.9. The van der Waals surface area contributed by atoms with Crippen molar-refractivity contribution in [3.8, 4) is 5.75 Å². The van der Waals surface area contributed by atoms with Crippen LogP contribution in [0.2, 0.25) is 0 Å². The van der Waals surface area contributed by atoms with Crippen molar-refractivity contribution in [3.63, 3.8) is 0 Å². The molecule has 198 valence electrons. The van der Waals surface area contributed by atoms with Gasteiger partial charge in [-0.3, -0.25) is 19.2 Å². The Morgan fingerprint density at radius 2 is 1.84 bits per heavy atom. The van der Waals surface area contributed by atoms with E-state index in [9.17, 15) is 24.3 Å². The van der Waals surface area contributed by atoms with Gasteiger partial charge >= 0.3 is 5.97 Å². The molecule has 0 spiro atoms. The first-order chi connectivity index (χ1) is 17.9. The van der Waals surface area contributed by atoms with Gasteiger partial charge in [0.05, 0.1) is 20.0 Å². The molecule has 37 heavy (non-hydrogen) atoms. The summed E-state index contributed by atoms with van der Waals surface area (Å²) in [5.74, 6) is -1.60. The van der Waals surface area contributed by atoms with Crippen LogP contribution in [0.15, 0.2) is 41.8 Å². The summed E-state index contributed by atoms with van der Waals surface area (Å²) >= 11 is 1.46. The van der Waals surface area contributed by atoms with Crippen molar-refractivity contribution >= 4 is 35.0 Å². The van der Waals surface area contributed by atoms with E-state index >= 15 is 0 Å². The molecule has 1 saturated heterocycles. The number of rotatable bonds is 9. The van der Waals surface area contributed by atoms with Crippen LogP contribution in [-0.4, -0.2) is 71.0 Å². The van der Waals surface area contributed by atoms with Crippen molar-refractivity contribution in [2.24, 2.45) is 5.92 Å². The van der Waals surface area contributed by atoms with Crippen LogP contribution >= 0.6 is 11.3 Å². The van der Waals surface area contributed by atoms with Crippen molar-refractivity contribution in [1.29, 1.82) is 0 Å². The minimum absolute atomic E-state index is 0.0491. The fraction of sp³-hybridized carbons (Fsp3) is 0.481. The first kappa shape index (κ1) is 26.7. The number of hydrogen-bond acceptors (Lipinski definition) is 6. The number of carbonyl (C=O) groups is 4. The minimum atomic E-state index is -1.16. The molecule has 0 radical (unpaired) electrons. The van der Waals surface area contributed by atoms with E-state index in [-0.39, 0.29) is 37.8 Å². The van der Waals surface area contributed by atoms with Gasteiger partial charge < -0.3 is 25.0 Å². The Bertz CT molecular complexity index is 1120. The number of methoxy groups -OCH3 is 1. The fourth-order valence-corrected chi connectivity index (χ4v) is 5.98. The third kappa shape index (κ3) is 6.49. The molecular formula is C27H33N3O6S. The number of carboxylic acid groups (broad SMARTS) is 1. The van der Waals surface area contributed by atoms with E-state index in [1.807, 2.05) is 17.5 Å². The first-order valence-corrected chi connectivity index (χ1v) is 13.5. The standard InChI is InChI=1S/C27H33N3O6S/c1-36-20-10-5-9-19(15-20)27(35)30-13-12-29(23(31)16-21-11-6-14-37-21)26(30)25(34)28-22(17-24(32)33)18-7-3-2-4-8-18/h5-6,9-11,14-15,18,22,26H,2-4,7-8,12-13,16-17H2,1H3,(H,28,34)(H,32,33). The molecule has 2 heterocycles. The molecule has 4 rings (SSSR count). The van der Waals surface area contributed by atoms with Gasteiger partial charge in [0.15, 0.2) is 6.17 Å². The Labute approximate surface area is 220 Å². The largest absolute Gasteiger partial charge is 0.497 e. The lowest BCUT2D eigenvalue weighted by Crippen LogP contribution is -2.57. The predicted molar refractivity (Wildman–Crippen MR) is 138 cm³/mol. The molecule has 2 fully saturated rings. The summed E-state index contributed by atoms with van der Waals surface area (Å²) < 4.78 is 5.25. The Kier molecular flexibility index (Phi) is 8.81. The van der Waals surface area contributed by atoms with Crippen LogP contribution in [0.4, 0.5) is 0 Å². The first-order valence-electron chi connectivity index (χ1n) is 12.7. The van der Waals surface area contributed by atoms with Gasteiger partial charge in [-0.2, -0.15) is 0 Å². The molecule has 2 N–H and O–H groups in total. The van der Waals surface area contributed by atoms with Crippen molar-refractivity contribution in [1.82, 2.24) is 15.1 Å². The Morgan fingerprint density at radius 1 is 1.08 bits per heavy atom. The molecule has 2 aromatic rings. The summed E-state index contributed by atoms with van der Waals surface area (Å²) in [7, 11) is 1.51. The SMILES string of the molecule is COc1cccc(C(=O)N2CCN(C(=O)Cc3cccs3)C2C(=O)NC(CC(=O)O)C2CCCCC2)c1. The second-order valence-electron chi connectivity index (χ2n) is 9.56. The summed E-state index contributed by atoms with van der Waals surface area (Å²) in [6.45, 7) is 0.405. The predicted octanol–water partition coefficient (Wildman–Crippen LogP) is 3.15. The van der Waals surface area contributed by atoms with Gasteiger partial charge in [0.25, 0.3) is 11.8 Å². The number of thiophene rings is 1. The summed E-state index contributed by atoms with van der Waals surface area (Å²) in [5, 5.41) is 14.3. The van der Waals surface area contributed by atoms with Gasteiger partial charge in [0.1, 0.15) is 5.75 Å². The van der Waals surface area contributed by atoms with Crippen molar-refractivity contribution in [3.05, 3.63) is 52.2 Å². The average molecular weight is 528 g/mol. The molecular weight excluding hydrogens is 494 g/mol. The topological polar surface area (TPSA) is 116 Å². The maximum atomic E-state index is 13.8. The number of nitrogens with one attached hydrogen (secondary N) is 1. The number of nitrogens with zero attached hydrogens (tertiary/aromatic N) is 2. The third-order valence-electron chi connectivity index (χ3n) is 7.15. The number of benzene rings is 1. The number of aliphatic carboxylic acids is 1. The summed E-state index contributed by atoms with van der Waals surface area (Å²) in [6.07, 6.45) is 3.54. The van der Waals surface area contributed by atoms with Crippen molar-refractivity contribution in [2.75, 3.05) is 20.2 Å². The molecule has 1 saturated carbocycles. The zero-order valence-corrected chi connectivity index (χ0v) is 21.7. The molecule has 3 amide bonds. The maximum absolute atomic E-state index is 13.8. The third-order valence-corrected chi connectivity index (χ3v) is 8.03. The number of hydrogen-bond donors (Lipinski definition) is 2. The average Bonchev–Trinajstić information content (AvgIpc) is 3.58. The Morgan fingerprint density at radius 3 is 2.51 bits per heavy atom. The lowest BCUT2D eigenvalue weighted by atomic mass is 9.82. The lowest BCUT2D eigenvalue weighted by Gasteiger charge is -2.34. The lowest BCUT2D eigenvalue weighted by molar-refractivity contribution is -0.142. The van der Waals surface area contributed by atoms with E-state index in [2.05, 4.69) is 5.32 Å². The summed E-state index contributed by atoms with van der Waals surface area (Å²) in [6, 6.07) is 9.83. The van der Waals surface area contributed by atoms with E-state index in [1.54, 1.807) is 24.3 Å². The summed E-state index contributed by atoms with van der Waals surface area (Å²) in [5.41, 5.74) is 0.346. The highest BCUT2D eigenvalue weighted by Crippen LogP contribution is 2.29. The summed E-state index contributed by atoms with van der Waals surface area (Å²) in [4.78, 5) is 55.9. The number of carbonyl (C=O) groups excluding carboxylic acids is 3. The highest BCUT2D eigenvalue weighted by Gasteiger charge is 2.44.